The number of halogens is 5. The number of aromatic nitrogens is 2. The molecule has 88 heavy (non-hydrogen) atoms. The second-order valence-electron chi connectivity index (χ2n) is 27.1. The molecule has 0 amide bonds. The minimum Gasteiger partial charge on any atom is -0.457 e. The van der Waals surface area contributed by atoms with E-state index >= 15 is 22.0 Å². The van der Waals surface area contributed by atoms with Crippen LogP contribution in [-0.4, -0.2) is 16.2 Å². The molecule has 11 aromatic rings. The number of rotatable bonds is 11. The number of nitrogens with zero attached hydrogens (tertiary/aromatic N) is 4. The van der Waals surface area contributed by atoms with Crippen LogP contribution in [0.3, 0.4) is 0 Å². The van der Waals surface area contributed by atoms with Crippen molar-refractivity contribution in [3.63, 3.8) is 0 Å². The number of fused-ring (bicyclic) bond motifs is 4. The molecule has 9 aromatic carbocycles. The van der Waals surface area contributed by atoms with E-state index in [1.54, 1.807) is 6.07 Å². The smallest absolute Gasteiger partial charge is 0.200 e. The molecule has 0 bridgehead atoms. The van der Waals surface area contributed by atoms with Crippen molar-refractivity contribution in [3.05, 3.63) is 239 Å². The first-order valence-electron chi connectivity index (χ1n) is 30.3. The van der Waals surface area contributed by atoms with Crippen LogP contribution in [0.2, 0.25) is 0 Å². The van der Waals surface area contributed by atoms with Crippen LogP contribution >= 0.6 is 0 Å². The van der Waals surface area contributed by atoms with Gasteiger partial charge in [0.2, 0.25) is 5.82 Å². The molecule has 0 N–H and O–H groups in total. The summed E-state index contributed by atoms with van der Waals surface area (Å²) in [5.74, 6) is -7.91. The van der Waals surface area contributed by atoms with Crippen LogP contribution in [0.5, 0.6) is 11.5 Å². The van der Waals surface area contributed by atoms with Gasteiger partial charge in [0.1, 0.15) is 24.0 Å². The van der Waals surface area contributed by atoms with Crippen molar-refractivity contribution >= 4 is 44.6 Å². The molecular weight excluding hydrogens is 1100 g/mol. The van der Waals surface area contributed by atoms with Crippen LogP contribution in [0.25, 0.3) is 72.1 Å². The highest BCUT2D eigenvalue weighted by atomic mass is 19.2. The van der Waals surface area contributed by atoms with Crippen LogP contribution in [0.4, 0.5) is 44.7 Å². The maximum Gasteiger partial charge on any atom is 0.200 e. The van der Waals surface area contributed by atoms with Crippen molar-refractivity contribution < 1.29 is 26.7 Å². The van der Waals surface area contributed by atoms with E-state index in [2.05, 4.69) is 184 Å². The lowest BCUT2D eigenvalue weighted by Gasteiger charge is -2.30. The van der Waals surface area contributed by atoms with E-state index in [0.29, 0.717) is 39.4 Å². The molecule has 1 aliphatic rings. The fourth-order valence-electron chi connectivity index (χ4n) is 12.5. The van der Waals surface area contributed by atoms with E-state index in [1.165, 1.54) is 0 Å². The molecular formula is C78H73F5N4O. The topological polar surface area (TPSA) is 33.5 Å². The minimum atomic E-state index is -2.23. The van der Waals surface area contributed by atoms with Crippen LogP contribution in [0.1, 0.15) is 130 Å². The summed E-state index contributed by atoms with van der Waals surface area (Å²) in [5.41, 5.74) is 12.2. The Balaban J connectivity index is 1.11. The minimum absolute atomic E-state index is 0.0446. The van der Waals surface area contributed by atoms with Gasteiger partial charge in [0, 0.05) is 45.9 Å². The SMILES string of the molecule is CC(C)c1cccc(C(C)C)c1-c1cc(Oc2ccc3c4ccccc4n(-c4cc(C(C)(C)C)ccn4)c3c2)cc(N2CN(c3c(-c4cc(C(C)(C)C)cc(C(C)(C)C)c4)cc(-c4ccccc4)cc3-c3c(F)c(F)c(F)c(F)c3F)c3ccccc32)c1. The summed E-state index contributed by atoms with van der Waals surface area (Å²) in [7, 11) is 0. The van der Waals surface area contributed by atoms with Gasteiger partial charge in [0.15, 0.2) is 23.3 Å². The molecule has 0 saturated heterocycles. The number of pyridine rings is 1. The molecule has 0 unspecified atom stereocenters. The lowest BCUT2D eigenvalue weighted by Crippen LogP contribution is -2.25. The number of ether oxygens (including phenoxy) is 1. The lowest BCUT2D eigenvalue weighted by molar-refractivity contribution is 0.381. The van der Waals surface area contributed by atoms with Crippen molar-refractivity contribution in [1.82, 2.24) is 9.55 Å². The Morgan fingerprint density at radius 1 is 0.420 bits per heavy atom. The Bertz CT molecular complexity index is 4450. The van der Waals surface area contributed by atoms with Crippen molar-refractivity contribution in [1.29, 1.82) is 0 Å². The van der Waals surface area contributed by atoms with Crippen LogP contribution in [0, 0.1) is 29.1 Å². The summed E-state index contributed by atoms with van der Waals surface area (Å²) in [4.78, 5) is 9.03. The lowest BCUT2D eigenvalue weighted by atomic mass is 9.78. The first-order chi connectivity index (χ1) is 41.8. The molecule has 0 spiro atoms. The summed E-state index contributed by atoms with van der Waals surface area (Å²) in [5, 5.41) is 2.13. The summed E-state index contributed by atoms with van der Waals surface area (Å²) in [6.07, 6.45) is 1.87. The van der Waals surface area contributed by atoms with Gasteiger partial charge in [-0.1, -0.05) is 187 Å². The zero-order valence-electron chi connectivity index (χ0n) is 52.3. The monoisotopic (exact) mass is 1180 g/mol. The fourth-order valence-corrected chi connectivity index (χ4v) is 12.5. The Kier molecular flexibility index (Phi) is 15.0. The van der Waals surface area contributed by atoms with Gasteiger partial charge < -0.3 is 14.5 Å². The molecule has 5 nitrogen and oxygen atoms in total. The molecule has 0 aliphatic carbocycles. The Labute approximate surface area is 513 Å². The highest BCUT2D eigenvalue weighted by molar-refractivity contribution is 6.09. The molecule has 12 rings (SSSR count). The second-order valence-corrected chi connectivity index (χ2v) is 27.1. The van der Waals surface area contributed by atoms with Crippen molar-refractivity contribution in [2.24, 2.45) is 0 Å². The Morgan fingerprint density at radius 3 is 1.61 bits per heavy atom. The van der Waals surface area contributed by atoms with Gasteiger partial charge in [0.05, 0.1) is 33.7 Å². The first kappa shape index (κ1) is 59.3. The third-order valence-electron chi connectivity index (χ3n) is 17.3. The van der Waals surface area contributed by atoms with Crippen LogP contribution in [0.15, 0.2) is 182 Å². The van der Waals surface area contributed by atoms with Gasteiger partial charge >= 0.3 is 0 Å². The van der Waals surface area contributed by atoms with Gasteiger partial charge in [-0.25, -0.2) is 26.9 Å². The maximum absolute atomic E-state index is 17.0. The maximum atomic E-state index is 17.0. The van der Waals surface area contributed by atoms with Crippen molar-refractivity contribution in [3.8, 4) is 61.8 Å². The van der Waals surface area contributed by atoms with Crippen LogP contribution < -0.4 is 14.5 Å². The Hall–Kier alpha value is -9.02. The predicted molar refractivity (Wildman–Crippen MR) is 353 cm³/mol. The van der Waals surface area contributed by atoms with Gasteiger partial charge in [-0.2, -0.15) is 0 Å². The average molecular weight is 1180 g/mol. The average Bonchev–Trinajstić information content (AvgIpc) is 1.49. The third-order valence-corrected chi connectivity index (χ3v) is 17.3. The molecule has 0 fully saturated rings. The fraction of sp³-hybridized carbons (Fsp3) is 0.244. The summed E-state index contributed by atoms with van der Waals surface area (Å²) in [6, 6.07) is 58.5. The predicted octanol–water partition coefficient (Wildman–Crippen LogP) is 22.7. The number of benzene rings is 9. The molecule has 3 heterocycles. The standard InChI is InChI=1S/C78H73F5N4O/c1-45(2)57-25-21-26-58(46(3)4)68(57)50-36-54(42-56(37-50)88-55-30-31-60-59-24-17-18-27-63(59)87(66(60)43-55)67-41-51(32-33-84-67)76(5,6)7)85-44-86(65-29-20-19-28-64(65)85)75-61(49-34-52(77(8,9)10)40-53(35-49)78(11,12)13)38-48(47-22-15-14-16-23-47)39-62(75)69-70(79)72(81)74(83)73(82)71(69)80/h14-43,45-46H,44H2,1-13H3. The molecule has 446 valence electrons. The number of para-hydroxylation sites is 3. The van der Waals surface area contributed by atoms with E-state index in [1.807, 2.05) is 96.0 Å². The molecule has 0 radical (unpaired) electrons. The zero-order valence-corrected chi connectivity index (χ0v) is 52.3. The highest BCUT2D eigenvalue weighted by Gasteiger charge is 2.37. The van der Waals surface area contributed by atoms with Gasteiger partial charge in [-0.15, -0.1) is 0 Å². The normalized spacial score (nSPS) is 13.0. The number of hydrogen-bond acceptors (Lipinski definition) is 4. The largest absolute Gasteiger partial charge is 0.457 e. The summed E-state index contributed by atoms with van der Waals surface area (Å²) < 4.78 is 90.7. The quantitative estimate of drug-likeness (QED) is 0.0734. The van der Waals surface area contributed by atoms with Crippen LogP contribution in [-0.2, 0) is 16.2 Å². The number of hydrogen-bond donors (Lipinski definition) is 0. The molecule has 2 aromatic heterocycles. The Morgan fingerprint density at radius 2 is 0.989 bits per heavy atom. The molecule has 0 saturated carbocycles. The van der Waals surface area contributed by atoms with E-state index in [9.17, 15) is 0 Å². The first-order valence-corrected chi connectivity index (χ1v) is 30.3. The summed E-state index contributed by atoms with van der Waals surface area (Å²) >= 11 is 0. The second kappa shape index (κ2) is 22.3. The van der Waals surface area contributed by atoms with E-state index in [0.717, 1.165) is 77.9 Å². The van der Waals surface area contributed by atoms with Crippen molar-refractivity contribution in [2.45, 2.75) is 118 Å². The van der Waals surface area contributed by atoms with E-state index in [4.69, 9.17) is 9.72 Å². The summed E-state index contributed by atoms with van der Waals surface area (Å²) in [6.45, 7) is 28.2. The molecule has 1 aliphatic heterocycles. The highest BCUT2D eigenvalue weighted by Crippen LogP contribution is 2.54. The van der Waals surface area contributed by atoms with Gasteiger partial charge in [0.25, 0.3) is 0 Å². The zero-order chi connectivity index (χ0) is 62.5. The van der Waals surface area contributed by atoms with Crippen molar-refractivity contribution in [2.75, 3.05) is 16.5 Å². The van der Waals surface area contributed by atoms with E-state index in [-0.39, 0.29) is 46.0 Å². The molecule has 0 atom stereocenters. The van der Waals surface area contributed by atoms with E-state index < -0.39 is 34.6 Å². The van der Waals surface area contributed by atoms with Gasteiger partial charge in [-0.3, -0.25) is 4.57 Å². The molecule has 10 heteroatoms. The van der Waals surface area contributed by atoms with Gasteiger partial charge in [-0.05, 0) is 150 Å². The third kappa shape index (κ3) is 10.7. The number of anilines is 4.